The average molecular weight is 301 g/mol. The third-order valence-electron chi connectivity index (χ3n) is 3.14. The van der Waals surface area contributed by atoms with Crippen molar-refractivity contribution < 1.29 is 9.53 Å². The molecule has 4 nitrogen and oxygen atoms in total. The number of hydrogen-bond donors (Lipinski definition) is 1. The van der Waals surface area contributed by atoms with Crippen LogP contribution in [0.15, 0.2) is 18.2 Å². The molecule has 0 fully saturated rings. The Balaban J connectivity index is 0.00000361. The Labute approximate surface area is 127 Å². The van der Waals surface area contributed by atoms with Gasteiger partial charge >= 0.3 is 5.97 Å². The molecule has 114 valence electrons. The number of carbonyl (C=O) groups excluding carboxylic acids is 1. The van der Waals surface area contributed by atoms with Crippen molar-refractivity contribution in [2.75, 3.05) is 39.2 Å². The number of anilines is 1. The average Bonchev–Trinajstić information content (AvgIpc) is 2.42. The highest BCUT2D eigenvalue weighted by molar-refractivity contribution is 5.96. The number of carbonyl (C=O) groups is 1. The molecule has 1 aromatic carbocycles. The summed E-state index contributed by atoms with van der Waals surface area (Å²) < 4.78 is 4.85. The Bertz CT molecular complexity index is 424. The number of rotatable bonds is 7. The maximum absolute atomic E-state index is 11.8. The van der Waals surface area contributed by atoms with Crippen LogP contribution in [0.25, 0.3) is 0 Å². The first-order valence-electron chi connectivity index (χ1n) is 6.65. The van der Waals surface area contributed by atoms with E-state index in [1.807, 2.05) is 39.2 Å². The van der Waals surface area contributed by atoms with Gasteiger partial charge in [-0.15, -0.1) is 12.4 Å². The van der Waals surface area contributed by atoms with Crippen molar-refractivity contribution in [1.29, 1.82) is 0 Å². The third-order valence-corrected chi connectivity index (χ3v) is 3.14. The lowest BCUT2D eigenvalue weighted by Crippen LogP contribution is -2.22. The summed E-state index contributed by atoms with van der Waals surface area (Å²) in [6.45, 7) is 3.92. The second kappa shape index (κ2) is 9.61. The molecule has 1 N–H and O–H groups in total. The molecule has 0 bridgehead atoms. The molecule has 0 atom stereocenters. The van der Waals surface area contributed by atoms with Crippen molar-refractivity contribution >= 4 is 24.1 Å². The van der Waals surface area contributed by atoms with E-state index in [4.69, 9.17) is 4.74 Å². The highest BCUT2D eigenvalue weighted by atomic mass is 35.5. The number of aryl methyl sites for hydroxylation is 1. The fraction of sp³-hybridized carbons (Fsp3) is 0.533. The highest BCUT2D eigenvalue weighted by Crippen LogP contribution is 2.22. The van der Waals surface area contributed by atoms with E-state index in [1.165, 1.54) is 7.11 Å². The lowest BCUT2D eigenvalue weighted by atomic mass is 10.1. The van der Waals surface area contributed by atoms with E-state index < -0.39 is 0 Å². The van der Waals surface area contributed by atoms with Gasteiger partial charge in [0.05, 0.1) is 18.4 Å². The van der Waals surface area contributed by atoms with Gasteiger partial charge in [-0.2, -0.15) is 0 Å². The summed E-state index contributed by atoms with van der Waals surface area (Å²) in [5.74, 6) is -0.277. The summed E-state index contributed by atoms with van der Waals surface area (Å²) in [4.78, 5) is 13.9. The summed E-state index contributed by atoms with van der Waals surface area (Å²) in [6, 6.07) is 5.89. The lowest BCUT2D eigenvalue weighted by Gasteiger charge is -2.22. The number of hydrogen-bond acceptors (Lipinski definition) is 4. The van der Waals surface area contributed by atoms with Crippen molar-refractivity contribution in [3.8, 4) is 0 Å². The van der Waals surface area contributed by atoms with Crippen molar-refractivity contribution in [3.05, 3.63) is 29.3 Å². The Hall–Kier alpha value is -1.26. The molecule has 0 radical (unpaired) electrons. The number of unbranched alkanes of at least 4 members (excludes halogenated alkanes) is 1. The maximum Gasteiger partial charge on any atom is 0.339 e. The van der Waals surface area contributed by atoms with Crippen LogP contribution in [0.1, 0.15) is 28.8 Å². The zero-order chi connectivity index (χ0) is 14.3. The van der Waals surface area contributed by atoms with E-state index in [-0.39, 0.29) is 18.4 Å². The number of benzene rings is 1. The number of methoxy groups -OCH3 is 1. The first kappa shape index (κ1) is 18.7. The number of nitrogens with one attached hydrogen (secondary N) is 1. The molecule has 5 heteroatoms. The second-order valence-corrected chi connectivity index (χ2v) is 4.74. The second-order valence-electron chi connectivity index (χ2n) is 4.74. The summed E-state index contributed by atoms with van der Waals surface area (Å²) in [6.07, 6.45) is 2.21. The molecule has 0 spiro atoms. The van der Waals surface area contributed by atoms with Crippen LogP contribution in [0.2, 0.25) is 0 Å². The maximum atomic E-state index is 11.8. The Kier molecular flexibility index (Phi) is 9.01. The van der Waals surface area contributed by atoms with Crippen LogP contribution in [-0.2, 0) is 4.74 Å². The minimum Gasteiger partial charge on any atom is -0.465 e. The van der Waals surface area contributed by atoms with E-state index in [2.05, 4.69) is 10.2 Å². The van der Waals surface area contributed by atoms with E-state index in [0.717, 1.165) is 37.2 Å². The molecule has 1 rings (SSSR count). The van der Waals surface area contributed by atoms with Gasteiger partial charge in [-0.3, -0.25) is 0 Å². The zero-order valence-electron chi connectivity index (χ0n) is 12.7. The Morgan fingerprint density at radius 2 is 2.05 bits per heavy atom. The molecule has 20 heavy (non-hydrogen) atoms. The van der Waals surface area contributed by atoms with Crippen LogP contribution in [-0.4, -0.2) is 40.3 Å². The highest BCUT2D eigenvalue weighted by Gasteiger charge is 2.14. The molecule has 1 aromatic rings. The molecule has 0 aromatic heterocycles. The normalized spacial score (nSPS) is 9.80. The van der Waals surface area contributed by atoms with Crippen LogP contribution in [0.5, 0.6) is 0 Å². The van der Waals surface area contributed by atoms with Gasteiger partial charge in [0.1, 0.15) is 0 Å². The topological polar surface area (TPSA) is 41.6 Å². The molecular formula is C15H25ClN2O2. The van der Waals surface area contributed by atoms with Gasteiger partial charge in [-0.1, -0.05) is 11.6 Å². The van der Waals surface area contributed by atoms with Crippen molar-refractivity contribution in [3.63, 3.8) is 0 Å². The van der Waals surface area contributed by atoms with Crippen molar-refractivity contribution in [1.82, 2.24) is 5.32 Å². The number of nitrogens with zero attached hydrogens (tertiary/aromatic N) is 1. The predicted octanol–water partition coefficient (Wildman–Crippen LogP) is 2.64. The minimum absolute atomic E-state index is 0. The van der Waals surface area contributed by atoms with Crippen LogP contribution in [0.4, 0.5) is 5.69 Å². The van der Waals surface area contributed by atoms with Gasteiger partial charge in [0, 0.05) is 13.6 Å². The van der Waals surface area contributed by atoms with E-state index in [9.17, 15) is 4.79 Å². The van der Waals surface area contributed by atoms with Gasteiger partial charge < -0.3 is 15.0 Å². The van der Waals surface area contributed by atoms with Gasteiger partial charge in [0.25, 0.3) is 0 Å². The monoisotopic (exact) mass is 300 g/mol. The first-order valence-corrected chi connectivity index (χ1v) is 6.65. The molecular weight excluding hydrogens is 276 g/mol. The molecule has 0 aliphatic carbocycles. The van der Waals surface area contributed by atoms with Gasteiger partial charge in [-0.25, -0.2) is 4.79 Å². The van der Waals surface area contributed by atoms with E-state index >= 15 is 0 Å². The fourth-order valence-corrected chi connectivity index (χ4v) is 2.03. The van der Waals surface area contributed by atoms with Crippen molar-refractivity contribution in [2.45, 2.75) is 19.8 Å². The number of ether oxygens (including phenoxy) is 1. The van der Waals surface area contributed by atoms with Gasteiger partial charge in [0.15, 0.2) is 0 Å². The summed E-state index contributed by atoms with van der Waals surface area (Å²) in [5, 5.41) is 3.13. The largest absolute Gasteiger partial charge is 0.465 e. The Morgan fingerprint density at radius 3 is 2.65 bits per heavy atom. The zero-order valence-corrected chi connectivity index (χ0v) is 13.5. The van der Waals surface area contributed by atoms with Crippen LogP contribution in [0, 0.1) is 6.92 Å². The first-order chi connectivity index (χ1) is 9.10. The smallest absolute Gasteiger partial charge is 0.339 e. The van der Waals surface area contributed by atoms with E-state index in [1.54, 1.807) is 0 Å². The molecule has 0 amide bonds. The van der Waals surface area contributed by atoms with Crippen LogP contribution < -0.4 is 10.2 Å². The standard InChI is InChI=1S/C15H24N2O2.ClH/c1-12-7-8-14(13(11-12)15(18)19-4)17(3)10-6-5-9-16-2;/h7-8,11,16H,5-6,9-10H2,1-4H3;1H. The van der Waals surface area contributed by atoms with Gasteiger partial charge in [-0.05, 0) is 45.5 Å². The Morgan fingerprint density at radius 1 is 1.35 bits per heavy atom. The lowest BCUT2D eigenvalue weighted by molar-refractivity contribution is 0.0601. The molecule has 0 aliphatic heterocycles. The number of halogens is 1. The van der Waals surface area contributed by atoms with Crippen molar-refractivity contribution in [2.24, 2.45) is 0 Å². The molecule has 0 saturated carbocycles. The summed E-state index contributed by atoms with van der Waals surface area (Å²) in [5.41, 5.74) is 2.63. The minimum atomic E-state index is -0.277. The van der Waals surface area contributed by atoms with Crippen LogP contribution in [0.3, 0.4) is 0 Å². The SMILES string of the molecule is CNCCCCN(C)c1ccc(C)cc1C(=O)OC.Cl. The molecule has 0 aliphatic rings. The van der Waals surface area contributed by atoms with Crippen LogP contribution >= 0.6 is 12.4 Å². The quantitative estimate of drug-likeness (QED) is 0.621. The fourth-order valence-electron chi connectivity index (χ4n) is 2.03. The predicted molar refractivity (Wildman–Crippen MR) is 86.2 cm³/mol. The summed E-state index contributed by atoms with van der Waals surface area (Å²) >= 11 is 0. The molecule has 0 saturated heterocycles. The molecule has 0 heterocycles. The van der Waals surface area contributed by atoms with E-state index in [0.29, 0.717) is 5.56 Å². The van der Waals surface area contributed by atoms with Gasteiger partial charge in [0.2, 0.25) is 0 Å². The summed E-state index contributed by atoms with van der Waals surface area (Å²) in [7, 11) is 5.39. The number of esters is 1. The third kappa shape index (κ3) is 5.39. The molecule has 0 unspecified atom stereocenters.